The first kappa shape index (κ1) is 16.6. The van der Waals surface area contributed by atoms with Gasteiger partial charge in [0.1, 0.15) is 11.4 Å². The van der Waals surface area contributed by atoms with E-state index in [1.807, 2.05) is 12.1 Å². The Labute approximate surface area is 148 Å². The summed E-state index contributed by atoms with van der Waals surface area (Å²) < 4.78 is 6.30. The Morgan fingerprint density at radius 3 is 2.52 bits per heavy atom. The number of nitrogens with zero attached hydrogens (tertiary/aromatic N) is 1. The molecule has 2 aliphatic rings. The summed E-state index contributed by atoms with van der Waals surface area (Å²) in [6, 6.07) is 16.7. The SMILES string of the molecule is Cl.Clc1ccc2c(c1)CC1(CCN(Cc3ccccc3)CC1)O2. The fourth-order valence-corrected chi connectivity index (χ4v) is 3.84. The zero-order valence-corrected chi connectivity index (χ0v) is 14.6. The Morgan fingerprint density at radius 2 is 1.78 bits per heavy atom. The predicted molar refractivity (Wildman–Crippen MR) is 96.7 cm³/mol. The van der Waals surface area contributed by atoms with Gasteiger partial charge >= 0.3 is 0 Å². The van der Waals surface area contributed by atoms with Crippen LogP contribution in [0, 0.1) is 0 Å². The predicted octanol–water partition coefficient (Wildman–Crippen LogP) is 4.73. The van der Waals surface area contributed by atoms with Crippen LogP contribution in [0.25, 0.3) is 0 Å². The third-order valence-electron chi connectivity index (χ3n) is 4.88. The molecular weight excluding hydrogens is 329 g/mol. The second kappa shape index (κ2) is 6.72. The molecule has 2 aromatic carbocycles. The fraction of sp³-hybridized carbons (Fsp3) is 0.368. The molecule has 2 heterocycles. The minimum atomic E-state index is 0. The minimum absolute atomic E-state index is 0. The fourth-order valence-electron chi connectivity index (χ4n) is 3.64. The molecule has 2 aromatic rings. The lowest BCUT2D eigenvalue weighted by Gasteiger charge is -2.38. The van der Waals surface area contributed by atoms with E-state index in [1.54, 1.807) is 0 Å². The molecule has 1 saturated heterocycles. The van der Waals surface area contributed by atoms with Crippen molar-refractivity contribution in [3.05, 3.63) is 64.7 Å². The molecule has 1 fully saturated rings. The van der Waals surface area contributed by atoms with Gasteiger partial charge in [0.25, 0.3) is 0 Å². The molecule has 0 atom stereocenters. The van der Waals surface area contributed by atoms with Gasteiger partial charge in [-0.05, 0) is 29.3 Å². The first-order valence-electron chi connectivity index (χ1n) is 7.96. The molecule has 2 aliphatic heterocycles. The quantitative estimate of drug-likeness (QED) is 0.776. The zero-order chi connectivity index (χ0) is 15.0. The van der Waals surface area contributed by atoms with E-state index in [2.05, 4.69) is 41.3 Å². The largest absolute Gasteiger partial charge is 0.487 e. The molecule has 4 rings (SSSR count). The van der Waals surface area contributed by atoms with Crippen molar-refractivity contribution >= 4 is 24.0 Å². The van der Waals surface area contributed by atoms with Crippen LogP contribution in [0.2, 0.25) is 5.02 Å². The van der Waals surface area contributed by atoms with Crippen LogP contribution in [0.5, 0.6) is 5.75 Å². The second-order valence-electron chi connectivity index (χ2n) is 6.48. The van der Waals surface area contributed by atoms with Crippen molar-refractivity contribution < 1.29 is 4.74 Å². The first-order chi connectivity index (χ1) is 10.7. The molecule has 0 aliphatic carbocycles. The zero-order valence-electron chi connectivity index (χ0n) is 13.0. The normalized spacial score (nSPS) is 19.0. The van der Waals surface area contributed by atoms with E-state index < -0.39 is 0 Å². The molecule has 1 spiro atoms. The van der Waals surface area contributed by atoms with Crippen molar-refractivity contribution in [2.45, 2.75) is 31.4 Å². The highest BCUT2D eigenvalue weighted by atomic mass is 35.5. The number of ether oxygens (including phenoxy) is 1. The number of fused-ring (bicyclic) bond motifs is 1. The van der Waals surface area contributed by atoms with E-state index >= 15 is 0 Å². The van der Waals surface area contributed by atoms with Crippen LogP contribution in [-0.4, -0.2) is 23.6 Å². The van der Waals surface area contributed by atoms with E-state index in [4.69, 9.17) is 16.3 Å². The molecule has 2 nitrogen and oxygen atoms in total. The lowest BCUT2D eigenvalue weighted by Crippen LogP contribution is -2.46. The van der Waals surface area contributed by atoms with Crippen molar-refractivity contribution in [2.75, 3.05) is 13.1 Å². The van der Waals surface area contributed by atoms with Crippen LogP contribution in [0.15, 0.2) is 48.5 Å². The summed E-state index contributed by atoms with van der Waals surface area (Å²) in [4.78, 5) is 2.53. The van der Waals surface area contributed by atoms with Gasteiger partial charge in [-0.25, -0.2) is 0 Å². The summed E-state index contributed by atoms with van der Waals surface area (Å²) in [6.45, 7) is 3.23. The third kappa shape index (κ3) is 3.50. The number of hydrogen-bond donors (Lipinski definition) is 0. The molecule has 0 N–H and O–H groups in total. The number of benzene rings is 2. The Kier molecular flexibility index (Phi) is 4.86. The summed E-state index contributed by atoms with van der Waals surface area (Å²) in [5.74, 6) is 1.03. The average molecular weight is 350 g/mol. The van der Waals surface area contributed by atoms with Crippen molar-refractivity contribution in [3.8, 4) is 5.75 Å². The van der Waals surface area contributed by atoms with Gasteiger partial charge in [0.05, 0.1) is 0 Å². The van der Waals surface area contributed by atoms with E-state index in [1.165, 1.54) is 11.1 Å². The number of halogens is 2. The van der Waals surface area contributed by atoms with E-state index in [0.29, 0.717) is 0 Å². The summed E-state index contributed by atoms with van der Waals surface area (Å²) >= 11 is 6.10. The van der Waals surface area contributed by atoms with Crippen molar-refractivity contribution in [1.82, 2.24) is 4.90 Å². The maximum Gasteiger partial charge on any atom is 0.123 e. The lowest BCUT2D eigenvalue weighted by atomic mass is 9.87. The van der Waals surface area contributed by atoms with Gasteiger partial charge in [-0.1, -0.05) is 41.9 Å². The van der Waals surface area contributed by atoms with E-state index in [9.17, 15) is 0 Å². The third-order valence-corrected chi connectivity index (χ3v) is 5.11. The minimum Gasteiger partial charge on any atom is -0.487 e. The monoisotopic (exact) mass is 349 g/mol. The number of rotatable bonds is 2. The molecule has 0 saturated carbocycles. The van der Waals surface area contributed by atoms with Crippen LogP contribution >= 0.6 is 24.0 Å². The van der Waals surface area contributed by atoms with Gasteiger partial charge in [-0.15, -0.1) is 12.4 Å². The summed E-state index contributed by atoms with van der Waals surface area (Å²) in [6.07, 6.45) is 3.18. The van der Waals surface area contributed by atoms with Crippen molar-refractivity contribution in [3.63, 3.8) is 0 Å². The topological polar surface area (TPSA) is 12.5 Å². The molecule has 0 unspecified atom stereocenters. The van der Waals surface area contributed by atoms with Crippen molar-refractivity contribution in [2.24, 2.45) is 0 Å². The molecule has 0 amide bonds. The molecule has 122 valence electrons. The number of likely N-dealkylation sites (tertiary alicyclic amines) is 1. The number of piperidine rings is 1. The van der Waals surface area contributed by atoms with Crippen molar-refractivity contribution in [1.29, 1.82) is 0 Å². The summed E-state index contributed by atoms with van der Waals surface area (Å²) in [5.41, 5.74) is 2.66. The van der Waals surface area contributed by atoms with Crippen LogP contribution < -0.4 is 4.74 Å². The number of hydrogen-bond acceptors (Lipinski definition) is 2. The molecule has 23 heavy (non-hydrogen) atoms. The van der Waals surface area contributed by atoms with E-state index in [-0.39, 0.29) is 18.0 Å². The molecule has 0 bridgehead atoms. The molecule has 0 aromatic heterocycles. The van der Waals surface area contributed by atoms with Gasteiger partial charge in [-0.3, -0.25) is 4.90 Å². The first-order valence-corrected chi connectivity index (χ1v) is 8.34. The average Bonchev–Trinajstić information content (AvgIpc) is 2.88. The van der Waals surface area contributed by atoms with Crippen LogP contribution in [0.4, 0.5) is 0 Å². The van der Waals surface area contributed by atoms with Crippen LogP contribution in [-0.2, 0) is 13.0 Å². The highest BCUT2D eigenvalue weighted by Gasteiger charge is 2.41. The molecule has 4 heteroatoms. The maximum absolute atomic E-state index is 6.30. The Bertz CT molecular complexity index is 666. The molecule has 0 radical (unpaired) electrons. The maximum atomic E-state index is 6.30. The highest BCUT2D eigenvalue weighted by molar-refractivity contribution is 6.30. The summed E-state index contributed by atoms with van der Waals surface area (Å²) in [5, 5.41) is 0.806. The molecular formula is C19H21Cl2NO. The Morgan fingerprint density at radius 1 is 1.04 bits per heavy atom. The summed E-state index contributed by atoms with van der Waals surface area (Å²) in [7, 11) is 0. The smallest absolute Gasteiger partial charge is 0.123 e. The van der Waals surface area contributed by atoms with Gasteiger partial charge in [0.2, 0.25) is 0 Å². The van der Waals surface area contributed by atoms with Gasteiger partial charge in [0.15, 0.2) is 0 Å². The van der Waals surface area contributed by atoms with Crippen LogP contribution in [0.3, 0.4) is 0 Å². The van der Waals surface area contributed by atoms with Crippen LogP contribution in [0.1, 0.15) is 24.0 Å². The standard InChI is InChI=1S/C19H20ClNO.ClH/c20-17-6-7-18-16(12-17)13-19(22-18)8-10-21(11-9-19)14-15-4-2-1-3-5-15;/h1-7,12H,8-11,13-14H2;1H. The second-order valence-corrected chi connectivity index (χ2v) is 6.91. The van der Waals surface area contributed by atoms with Gasteiger partial charge < -0.3 is 4.74 Å². The van der Waals surface area contributed by atoms with Gasteiger partial charge in [0, 0.05) is 43.9 Å². The lowest BCUT2D eigenvalue weighted by molar-refractivity contribution is 0.0170. The van der Waals surface area contributed by atoms with E-state index in [0.717, 1.165) is 49.7 Å². The highest BCUT2D eigenvalue weighted by Crippen LogP contribution is 2.42. The Hall–Kier alpha value is -1.22. The Balaban J connectivity index is 0.00000156. The van der Waals surface area contributed by atoms with Gasteiger partial charge in [-0.2, -0.15) is 0 Å².